The van der Waals surface area contributed by atoms with Crippen molar-refractivity contribution in [1.29, 1.82) is 0 Å². The summed E-state index contributed by atoms with van der Waals surface area (Å²) in [6.07, 6.45) is 7.62. The molecule has 0 radical (unpaired) electrons. The van der Waals surface area contributed by atoms with Gasteiger partial charge in [0.1, 0.15) is 5.56 Å². The van der Waals surface area contributed by atoms with Crippen LogP contribution in [0.25, 0.3) is 0 Å². The predicted octanol–water partition coefficient (Wildman–Crippen LogP) is 2.06. The van der Waals surface area contributed by atoms with Crippen LogP contribution in [0.5, 0.6) is 0 Å². The fourth-order valence-corrected chi connectivity index (χ4v) is 3.19. The highest BCUT2D eigenvalue weighted by molar-refractivity contribution is 9.09. The van der Waals surface area contributed by atoms with Crippen molar-refractivity contribution in [2.24, 2.45) is 5.92 Å². The zero-order valence-corrected chi connectivity index (χ0v) is 11.7. The van der Waals surface area contributed by atoms with Gasteiger partial charge in [0.25, 0.3) is 5.91 Å². The number of rotatable bonds is 3. The van der Waals surface area contributed by atoms with Crippen molar-refractivity contribution < 1.29 is 4.79 Å². The molecule has 2 atom stereocenters. The van der Waals surface area contributed by atoms with E-state index in [1.807, 2.05) is 0 Å². The lowest BCUT2D eigenvalue weighted by atomic mass is 9.89. The highest BCUT2D eigenvalue weighted by Crippen LogP contribution is 2.28. The monoisotopic (exact) mass is 312 g/mol. The number of carbonyl (C=O) groups excluding carboxylic acids is 1. The third kappa shape index (κ3) is 3.45. The van der Waals surface area contributed by atoms with E-state index in [4.69, 9.17) is 0 Å². The van der Waals surface area contributed by atoms with Crippen molar-refractivity contribution in [2.45, 2.75) is 30.5 Å². The summed E-state index contributed by atoms with van der Waals surface area (Å²) in [4.78, 5) is 26.6. The van der Waals surface area contributed by atoms with Gasteiger partial charge in [0.05, 0.1) is 0 Å². The van der Waals surface area contributed by atoms with Gasteiger partial charge < -0.3 is 10.3 Å². The van der Waals surface area contributed by atoms with E-state index < -0.39 is 0 Å². The van der Waals surface area contributed by atoms with Crippen LogP contribution in [0.4, 0.5) is 0 Å². The van der Waals surface area contributed by atoms with E-state index in [1.54, 1.807) is 0 Å². The third-order valence-corrected chi connectivity index (χ3v) is 4.17. The number of aromatic nitrogens is 1. The zero-order valence-electron chi connectivity index (χ0n) is 10.1. The van der Waals surface area contributed by atoms with Gasteiger partial charge in [-0.1, -0.05) is 22.4 Å². The lowest BCUT2D eigenvalue weighted by molar-refractivity contribution is 0.0942. The molecule has 5 heteroatoms. The van der Waals surface area contributed by atoms with Gasteiger partial charge in [0, 0.05) is 29.8 Å². The first-order chi connectivity index (χ1) is 8.66. The molecular formula is C13H17BrN2O2. The van der Waals surface area contributed by atoms with Crippen LogP contribution in [0.15, 0.2) is 23.3 Å². The van der Waals surface area contributed by atoms with Gasteiger partial charge in [-0.25, -0.2) is 0 Å². The van der Waals surface area contributed by atoms with Gasteiger partial charge >= 0.3 is 0 Å². The van der Waals surface area contributed by atoms with Crippen molar-refractivity contribution in [2.75, 3.05) is 6.54 Å². The summed E-state index contributed by atoms with van der Waals surface area (Å²) in [5.41, 5.74) is -0.0584. The number of H-pyrrole nitrogens is 1. The largest absolute Gasteiger partial charge is 0.367 e. The Morgan fingerprint density at radius 3 is 3.06 bits per heavy atom. The van der Waals surface area contributed by atoms with Crippen molar-refractivity contribution in [3.63, 3.8) is 0 Å². The molecule has 2 rings (SSSR count). The Morgan fingerprint density at radius 1 is 1.50 bits per heavy atom. The SMILES string of the molecule is O=C(NCC1CCCC(Br)C1)c1c[nH]ccc1=O. The van der Waals surface area contributed by atoms with E-state index in [9.17, 15) is 9.59 Å². The van der Waals surface area contributed by atoms with Crippen molar-refractivity contribution in [1.82, 2.24) is 10.3 Å². The van der Waals surface area contributed by atoms with Crippen LogP contribution in [-0.4, -0.2) is 22.3 Å². The molecule has 0 aromatic carbocycles. The molecular weight excluding hydrogens is 296 g/mol. The second-order valence-corrected chi connectivity index (χ2v) is 6.06. The smallest absolute Gasteiger partial charge is 0.256 e. The summed E-state index contributed by atoms with van der Waals surface area (Å²) >= 11 is 3.62. The van der Waals surface area contributed by atoms with E-state index >= 15 is 0 Å². The van der Waals surface area contributed by atoms with Gasteiger partial charge in [-0.05, 0) is 25.2 Å². The lowest BCUT2D eigenvalue weighted by Crippen LogP contribution is -2.34. The van der Waals surface area contributed by atoms with Crippen LogP contribution in [0, 0.1) is 5.92 Å². The number of pyridine rings is 1. The minimum atomic E-state index is -0.284. The van der Waals surface area contributed by atoms with E-state index in [0.29, 0.717) is 17.3 Å². The number of hydrogen-bond acceptors (Lipinski definition) is 2. The summed E-state index contributed by atoms with van der Waals surface area (Å²) in [5, 5.41) is 2.85. The van der Waals surface area contributed by atoms with Crippen LogP contribution in [0.3, 0.4) is 0 Å². The van der Waals surface area contributed by atoms with Gasteiger partial charge in [-0.2, -0.15) is 0 Å². The summed E-state index contributed by atoms with van der Waals surface area (Å²) < 4.78 is 0. The third-order valence-electron chi connectivity index (χ3n) is 3.34. The molecule has 1 aromatic rings. The number of amides is 1. The van der Waals surface area contributed by atoms with Crippen LogP contribution < -0.4 is 10.7 Å². The molecule has 1 heterocycles. The first kappa shape index (κ1) is 13.3. The van der Waals surface area contributed by atoms with Gasteiger partial charge in [0.2, 0.25) is 0 Å². The summed E-state index contributed by atoms with van der Waals surface area (Å²) in [7, 11) is 0. The van der Waals surface area contributed by atoms with Gasteiger partial charge in [0.15, 0.2) is 5.43 Å². The van der Waals surface area contributed by atoms with E-state index in [1.165, 1.54) is 31.3 Å². The van der Waals surface area contributed by atoms with Crippen LogP contribution >= 0.6 is 15.9 Å². The highest BCUT2D eigenvalue weighted by Gasteiger charge is 2.20. The molecule has 1 amide bonds. The molecule has 0 aliphatic heterocycles. The minimum Gasteiger partial charge on any atom is -0.367 e. The highest BCUT2D eigenvalue weighted by atomic mass is 79.9. The second kappa shape index (κ2) is 6.18. The van der Waals surface area contributed by atoms with Gasteiger partial charge in [-0.15, -0.1) is 0 Å². The van der Waals surface area contributed by atoms with Crippen LogP contribution in [0.2, 0.25) is 0 Å². The quantitative estimate of drug-likeness (QED) is 0.839. The Balaban J connectivity index is 1.89. The number of nitrogens with one attached hydrogen (secondary N) is 2. The molecule has 1 fully saturated rings. The lowest BCUT2D eigenvalue weighted by Gasteiger charge is -2.25. The number of aromatic amines is 1. The normalized spacial score (nSPS) is 23.6. The summed E-state index contributed by atoms with van der Waals surface area (Å²) in [5.74, 6) is 0.225. The summed E-state index contributed by atoms with van der Waals surface area (Å²) in [6.45, 7) is 0.648. The standard InChI is InChI=1S/C13H17BrN2O2/c14-10-3-1-2-9(6-10)7-16-13(18)11-8-15-5-4-12(11)17/h4-5,8-10H,1-3,6-7H2,(H,15,17)(H,16,18). The minimum absolute atomic E-state index is 0.184. The molecule has 1 aliphatic carbocycles. The van der Waals surface area contributed by atoms with Gasteiger partial charge in [-0.3, -0.25) is 9.59 Å². The Bertz CT molecular complexity index is 472. The van der Waals surface area contributed by atoms with Crippen LogP contribution in [0.1, 0.15) is 36.0 Å². The number of halogens is 1. The fourth-order valence-electron chi connectivity index (χ4n) is 2.34. The first-order valence-corrected chi connectivity index (χ1v) is 7.17. The first-order valence-electron chi connectivity index (χ1n) is 6.26. The molecule has 98 valence electrons. The van der Waals surface area contributed by atoms with Crippen molar-refractivity contribution in [3.8, 4) is 0 Å². The molecule has 0 saturated heterocycles. The maximum atomic E-state index is 11.8. The van der Waals surface area contributed by atoms with E-state index in [2.05, 4.69) is 26.2 Å². The molecule has 0 spiro atoms. The second-order valence-electron chi connectivity index (χ2n) is 4.76. The summed E-state index contributed by atoms with van der Waals surface area (Å²) in [6, 6.07) is 1.37. The fraction of sp³-hybridized carbons (Fsp3) is 0.538. The Labute approximate surface area is 114 Å². The Kier molecular flexibility index (Phi) is 4.58. The van der Waals surface area contributed by atoms with Crippen molar-refractivity contribution >= 4 is 21.8 Å². The molecule has 1 saturated carbocycles. The topological polar surface area (TPSA) is 62.0 Å². The molecule has 4 nitrogen and oxygen atoms in total. The Hall–Kier alpha value is -1.10. The number of hydrogen-bond donors (Lipinski definition) is 2. The Morgan fingerprint density at radius 2 is 2.33 bits per heavy atom. The zero-order chi connectivity index (χ0) is 13.0. The molecule has 18 heavy (non-hydrogen) atoms. The maximum absolute atomic E-state index is 11.8. The average molecular weight is 313 g/mol. The van der Waals surface area contributed by atoms with Crippen LogP contribution in [-0.2, 0) is 0 Å². The average Bonchev–Trinajstić information content (AvgIpc) is 2.37. The molecule has 2 unspecified atom stereocenters. The van der Waals surface area contributed by atoms with Crippen molar-refractivity contribution in [3.05, 3.63) is 34.2 Å². The number of carbonyl (C=O) groups is 1. The number of alkyl halides is 1. The molecule has 2 N–H and O–H groups in total. The predicted molar refractivity (Wildman–Crippen MR) is 74.1 cm³/mol. The van der Waals surface area contributed by atoms with E-state index in [-0.39, 0.29) is 16.9 Å². The molecule has 0 bridgehead atoms. The van der Waals surface area contributed by atoms with E-state index in [0.717, 1.165) is 12.8 Å². The molecule has 1 aromatic heterocycles. The molecule has 1 aliphatic rings. The maximum Gasteiger partial charge on any atom is 0.256 e.